The van der Waals surface area contributed by atoms with Crippen molar-refractivity contribution in [2.75, 3.05) is 0 Å². The molecule has 0 heterocycles. The smallest absolute Gasteiger partial charge is 0.0836 e. The van der Waals surface area contributed by atoms with E-state index in [-0.39, 0.29) is 0 Å². The average Bonchev–Trinajstić information content (AvgIpc) is 2.51. The molecule has 3 aromatic rings. The maximum Gasteiger partial charge on any atom is 0.0836 e. The van der Waals surface area contributed by atoms with Gasteiger partial charge in [0.2, 0.25) is 0 Å². The summed E-state index contributed by atoms with van der Waals surface area (Å²) in [5.74, 6) is 0. The van der Waals surface area contributed by atoms with Gasteiger partial charge in [-0.05, 0) is 28.0 Å². The van der Waals surface area contributed by atoms with Crippen LogP contribution in [0.5, 0.6) is 0 Å². The van der Waals surface area contributed by atoms with E-state index in [2.05, 4.69) is 0 Å². The van der Waals surface area contributed by atoms with Crippen LogP contribution in [0.15, 0.2) is 60.7 Å². The molecule has 0 saturated carbocycles. The Bertz CT molecular complexity index is 778. The van der Waals surface area contributed by atoms with Crippen LogP contribution >= 0.6 is 23.2 Å². The highest BCUT2D eigenvalue weighted by atomic mass is 35.5. The van der Waals surface area contributed by atoms with Crippen LogP contribution in [0.3, 0.4) is 0 Å². The molecule has 1 N–H and O–H groups in total. The van der Waals surface area contributed by atoms with E-state index in [1.54, 1.807) is 6.07 Å². The van der Waals surface area contributed by atoms with E-state index in [1.807, 2.05) is 54.6 Å². The first-order chi connectivity index (χ1) is 10.2. The maximum absolute atomic E-state index is 10.6. The van der Waals surface area contributed by atoms with E-state index in [9.17, 15) is 5.11 Å². The summed E-state index contributed by atoms with van der Waals surface area (Å²) < 4.78 is 0. The Labute approximate surface area is 133 Å². The first-order valence-electron chi connectivity index (χ1n) is 6.75. The molecule has 0 aliphatic rings. The summed E-state index contributed by atoms with van der Waals surface area (Å²) in [6.07, 6.45) is -0.181. The van der Waals surface area contributed by atoms with Gasteiger partial charge < -0.3 is 5.11 Å². The second-order valence-electron chi connectivity index (χ2n) is 5.00. The number of rotatable bonds is 3. The van der Waals surface area contributed by atoms with Gasteiger partial charge in [0.15, 0.2) is 0 Å². The number of halogens is 2. The van der Waals surface area contributed by atoms with Crippen LogP contribution in [0.1, 0.15) is 17.2 Å². The van der Waals surface area contributed by atoms with Gasteiger partial charge in [-0.2, -0.15) is 0 Å². The lowest BCUT2D eigenvalue weighted by molar-refractivity contribution is 0.180. The largest absolute Gasteiger partial charge is 0.388 e. The highest BCUT2D eigenvalue weighted by Crippen LogP contribution is 2.31. The average molecular weight is 317 g/mol. The SMILES string of the molecule is OC(Cc1cccc(Cl)c1Cl)c1cccc2ccccc12. The van der Waals surface area contributed by atoms with Crippen LogP contribution in [-0.2, 0) is 6.42 Å². The van der Waals surface area contributed by atoms with Crippen LogP contribution < -0.4 is 0 Å². The van der Waals surface area contributed by atoms with Gasteiger partial charge in [-0.1, -0.05) is 77.8 Å². The fourth-order valence-electron chi connectivity index (χ4n) is 2.57. The predicted molar refractivity (Wildman–Crippen MR) is 89.1 cm³/mol. The predicted octanol–water partition coefficient (Wildman–Crippen LogP) is 5.42. The van der Waals surface area contributed by atoms with Gasteiger partial charge in [0.05, 0.1) is 16.1 Å². The van der Waals surface area contributed by atoms with Crippen LogP contribution in [0.2, 0.25) is 10.0 Å². The van der Waals surface area contributed by atoms with E-state index in [0.717, 1.165) is 21.9 Å². The van der Waals surface area contributed by atoms with Crippen molar-refractivity contribution in [2.24, 2.45) is 0 Å². The van der Waals surface area contributed by atoms with Crippen molar-refractivity contribution in [3.8, 4) is 0 Å². The lowest BCUT2D eigenvalue weighted by Crippen LogP contribution is -2.03. The third-order valence-corrected chi connectivity index (χ3v) is 4.49. The van der Waals surface area contributed by atoms with Gasteiger partial charge in [0.1, 0.15) is 0 Å². The molecule has 1 unspecified atom stereocenters. The molecule has 0 bridgehead atoms. The standard InChI is InChI=1S/C18H14Cl2O/c19-16-10-4-7-13(18(16)20)11-17(21)15-9-3-6-12-5-1-2-8-14(12)15/h1-10,17,21H,11H2. The molecule has 0 fully saturated rings. The van der Waals surface area contributed by atoms with Gasteiger partial charge in [-0.15, -0.1) is 0 Å². The minimum absolute atomic E-state index is 0.438. The summed E-state index contributed by atoms with van der Waals surface area (Å²) >= 11 is 12.2. The Kier molecular flexibility index (Phi) is 4.16. The Morgan fingerprint density at radius 3 is 2.43 bits per heavy atom. The molecule has 0 aliphatic heterocycles. The number of hydrogen-bond donors (Lipinski definition) is 1. The Morgan fingerprint density at radius 1 is 0.857 bits per heavy atom. The fraction of sp³-hybridized carbons (Fsp3) is 0.111. The first-order valence-corrected chi connectivity index (χ1v) is 7.51. The summed E-state index contributed by atoms with van der Waals surface area (Å²) in [6, 6.07) is 19.5. The molecular formula is C18H14Cl2O. The van der Waals surface area contributed by atoms with Crippen molar-refractivity contribution in [3.05, 3.63) is 81.8 Å². The minimum Gasteiger partial charge on any atom is -0.388 e. The summed E-state index contributed by atoms with van der Waals surface area (Å²) in [4.78, 5) is 0. The number of aliphatic hydroxyl groups is 1. The number of aliphatic hydroxyl groups excluding tert-OH is 1. The summed E-state index contributed by atoms with van der Waals surface area (Å²) in [7, 11) is 0. The highest BCUT2D eigenvalue weighted by molar-refractivity contribution is 6.42. The Balaban J connectivity index is 1.97. The highest BCUT2D eigenvalue weighted by Gasteiger charge is 2.14. The van der Waals surface area contributed by atoms with Gasteiger partial charge >= 0.3 is 0 Å². The van der Waals surface area contributed by atoms with E-state index in [0.29, 0.717) is 16.5 Å². The molecule has 3 rings (SSSR count). The zero-order valence-corrected chi connectivity index (χ0v) is 12.8. The zero-order chi connectivity index (χ0) is 14.8. The van der Waals surface area contributed by atoms with Gasteiger partial charge in [0.25, 0.3) is 0 Å². The Morgan fingerprint density at radius 2 is 1.57 bits per heavy atom. The number of benzene rings is 3. The van der Waals surface area contributed by atoms with Crippen molar-refractivity contribution >= 4 is 34.0 Å². The second kappa shape index (κ2) is 6.07. The first kappa shape index (κ1) is 14.4. The lowest BCUT2D eigenvalue weighted by atomic mass is 9.96. The fourth-order valence-corrected chi connectivity index (χ4v) is 2.96. The molecule has 1 nitrogen and oxygen atoms in total. The molecule has 0 radical (unpaired) electrons. The van der Waals surface area contributed by atoms with Crippen molar-refractivity contribution in [1.82, 2.24) is 0 Å². The van der Waals surface area contributed by atoms with Gasteiger partial charge in [-0.3, -0.25) is 0 Å². The van der Waals surface area contributed by atoms with Crippen LogP contribution in [-0.4, -0.2) is 5.11 Å². The molecule has 106 valence electrons. The molecule has 1 atom stereocenters. The van der Waals surface area contributed by atoms with Crippen molar-refractivity contribution in [2.45, 2.75) is 12.5 Å². The van der Waals surface area contributed by atoms with E-state index in [1.165, 1.54) is 0 Å². The second-order valence-corrected chi connectivity index (χ2v) is 5.79. The lowest BCUT2D eigenvalue weighted by Gasteiger charge is -2.15. The van der Waals surface area contributed by atoms with E-state index >= 15 is 0 Å². The minimum atomic E-state index is -0.618. The van der Waals surface area contributed by atoms with Crippen LogP contribution in [0.25, 0.3) is 10.8 Å². The number of fused-ring (bicyclic) bond motifs is 1. The van der Waals surface area contributed by atoms with Crippen LogP contribution in [0.4, 0.5) is 0 Å². The van der Waals surface area contributed by atoms with Crippen molar-refractivity contribution in [1.29, 1.82) is 0 Å². The summed E-state index contributed by atoms with van der Waals surface area (Å²) in [6.45, 7) is 0. The van der Waals surface area contributed by atoms with E-state index < -0.39 is 6.10 Å². The molecule has 3 heteroatoms. The molecule has 0 amide bonds. The van der Waals surface area contributed by atoms with Gasteiger partial charge in [-0.25, -0.2) is 0 Å². The molecular weight excluding hydrogens is 303 g/mol. The third kappa shape index (κ3) is 2.91. The molecule has 3 aromatic carbocycles. The van der Waals surface area contributed by atoms with Gasteiger partial charge in [0, 0.05) is 6.42 Å². The monoisotopic (exact) mass is 316 g/mol. The van der Waals surface area contributed by atoms with Crippen molar-refractivity contribution < 1.29 is 5.11 Å². The summed E-state index contributed by atoms with van der Waals surface area (Å²) in [5.41, 5.74) is 1.76. The molecule has 0 aromatic heterocycles. The van der Waals surface area contributed by atoms with Crippen molar-refractivity contribution in [3.63, 3.8) is 0 Å². The topological polar surface area (TPSA) is 20.2 Å². The third-order valence-electron chi connectivity index (χ3n) is 3.63. The van der Waals surface area contributed by atoms with Crippen LogP contribution in [0, 0.1) is 0 Å². The molecule has 0 spiro atoms. The molecule has 21 heavy (non-hydrogen) atoms. The van der Waals surface area contributed by atoms with E-state index in [4.69, 9.17) is 23.2 Å². The normalized spacial score (nSPS) is 12.5. The number of hydrogen-bond acceptors (Lipinski definition) is 1. The molecule has 0 saturated heterocycles. The maximum atomic E-state index is 10.6. The zero-order valence-electron chi connectivity index (χ0n) is 11.3. The summed E-state index contributed by atoms with van der Waals surface area (Å²) in [5, 5.41) is 13.8. The molecule has 0 aliphatic carbocycles. The Hall–Kier alpha value is -1.54. The quantitative estimate of drug-likeness (QED) is 0.683.